The lowest BCUT2D eigenvalue weighted by atomic mass is 9.75. The van der Waals surface area contributed by atoms with Gasteiger partial charge in [0.15, 0.2) is 5.13 Å². The van der Waals surface area contributed by atoms with Crippen LogP contribution in [0.25, 0.3) is 0 Å². The number of carbonyl (C=O) groups excluding carboxylic acids is 1. The molecule has 134 valence electrons. The highest BCUT2D eigenvalue weighted by Gasteiger charge is 2.43. The fourth-order valence-corrected chi connectivity index (χ4v) is 4.50. The second-order valence-corrected chi connectivity index (χ2v) is 7.63. The summed E-state index contributed by atoms with van der Waals surface area (Å²) >= 11 is 1.46. The van der Waals surface area contributed by atoms with E-state index >= 15 is 0 Å². The molecule has 0 saturated carbocycles. The predicted octanol–water partition coefficient (Wildman–Crippen LogP) is 1.23. The van der Waals surface area contributed by atoms with Crippen molar-refractivity contribution >= 4 is 22.4 Å². The average molecular weight is 362 g/mol. The van der Waals surface area contributed by atoms with E-state index in [1.165, 1.54) is 11.3 Å². The van der Waals surface area contributed by atoms with E-state index in [-0.39, 0.29) is 11.8 Å². The standard InChI is InChI=1S/C16H22N6O2S/c1-24-10-12-7-22(20-19-12)8-13-6-11-2-4-21(13)9-14(11)15(23)18-16-17-3-5-25-16/h3,5,7,11,13-14H,2,4,6,8-10H2,1H3,(H,17,18,23). The Morgan fingerprint density at radius 2 is 2.44 bits per heavy atom. The van der Waals surface area contributed by atoms with Crippen LogP contribution in [0.1, 0.15) is 18.5 Å². The summed E-state index contributed by atoms with van der Waals surface area (Å²) in [6.45, 7) is 3.16. The molecule has 8 nitrogen and oxygen atoms in total. The smallest absolute Gasteiger partial charge is 0.230 e. The van der Waals surface area contributed by atoms with Crippen molar-refractivity contribution in [3.63, 3.8) is 0 Å². The van der Waals surface area contributed by atoms with Crippen LogP contribution in [0, 0.1) is 11.8 Å². The van der Waals surface area contributed by atoms with E-state index < -0.39 is 0 Å². The van der Waals surface area contributed by atoms with Crippen LogP contribution < -0.4 is 5.32 Å². The highest BCUT2D eigenvalue weighted by Crippen LogP contribution is 2.37. The van der Waals surface area contributed by atoms with Gasteiger partial charge in [-0.1, -0.05) is 5.21 Å². The molecular formula is C16H22N6O2S. The maximum absolute atomic E-state index is 12.6. The number of piperidine rings is 3. The van der Waals surface area contributed by atoms with Crippen LogP contribution in [0.3, 0.4) is 0 Å². The lowest BCUT2D eigenvalue weighted by molar-refractivity contribution is -0.127. The molecule has 3 saturated heterocycles. The first kappa shape index (κ1) is 16.6. The van der Waals surface area contributed by atoms with Crippen LogP contribution >= 0.6 is 11.3 Å². The number of nitrogens with one attached hydrogen (secondary N) is 1. The lowest BCUT2D eigenvalue weighted by Crippen LogP contribution is -2.57. The van der Waals surface area contributed by atoms with Crippen LogP contribution in [0.2, 0.25) is 0 Å². The zero-order valence-electron chi connectivity index (χ0n) is 14.2. The van der Waals surface area contributed by atoms with E-state index in [0.29, 0.717) is 23.7 Å². The van der Waals surface area contributed by atoms with Crippen LogP contribution in [0.5, 0.6) is 0 Å². The van der Waals surface area contributed by atoms with Gasteiger partial charge in [-0.05, 0) is 25.3 Å². The highest BCUT2D eigenvalue weighted by atomic mass is 32.1. The molecule has 5 heterocycles. The van der Waals surface area contributed by atoms with Crippen LogP contribution in [0.15, 0.2) is 17.8 Å². The number of nitrogens with zero attached hydrogens (tertiary/aromatic N) is 5. The summed E-state index contributed by atoms with van der Waals surface area (Å²) in [5.41, 5.74) is 0.846. The summed E-state index contributed by atoms with van der Waals surface area (Å²) in [4.78, 5) is 19.1. The fourth-order valence-electron chi connectivity index (χ4n) is 3.97. The Hall–Kier alpha value is -1.84. The first-order valence-corrected chi connectivity index (χ1v) is 9.43. The van der Waals surface area contributed by atoms with Gasteiger partial charge in [-0.25, -0.2) is 4.98 Å². The zero-order valence-corrected chi connectivity index (χ0v) is 15.0. The molecule has 1 N–H and O–H groups in total. The molecule has 2 aromatic heterocycles. The third kappa shape index (κ3) is 3.58. The van der Waals surface area contributed by atoms with Crippen molar-refractivity contribution in [2.45, 2.75) is 32.0 Å². The van der Waals surface area contributed by atoms with Gasteiger partial charge in [0.1, 0.15) is 5.69 Å². The molecule has 3 aliphatic rings. The molecule has 1 amide bonds. The van der Waals surface area contributed by atoms with Crippen molar-refractivity contribution in [3.8, 4) is 0 Å². The number of aromatic nitrogens is 4. The zero-order chi connectivity index (χ0) is 17.2. The quantitative estimate of drug-likeness (QED) is 0.832. The van der Waals surface area contributed by atoms with Gasteiger partial charge in [0.05, 0.1) is 25.3 Å². The van der Waals surface area contributed by atoms with Gasteiger partial charge in [-0.3, -0.25) is 14.4 Å². The maximum Gasteiger partial charge on any atom is 0.230 e. The van der Waals surface area contributed by atoms with Crippen molar-refractivity contribution in [2.24, 2.45) is 11.8 Å². The first-order chi connectivity index (χ1) is 12.2. The number of thiazole rings is 1. The molecular weight excluding hydrogens is 340 g/mol. The number of carbonyl (C=O) groups is 1. The molecule has 0 aromatic carbocycles. The maximum atomic E-state index is 12.6. The molecule has 3 aliphatic heterocycles. The molecule has 0 aliphatic carbocycles. The number of fused-ring (bicyclic) bond motifs is 3. The number of amides is 1. The Bertz CT molecular complexity index is 718. The third-order valence-corrected chi connectivity index (χ3v) is 5.84. The average Bonchev–Trinajstić information content (AvgIpc) is 3.28. The minimum absolute atomic E-state index is 0.0497. The lowest BCUT2D eigenvalue weighted by Gasteiger charge is -2.49. The topological polar surface area (TPSA) is 85.2 Å². The Morgan fingerprint density at radius 1 is 1.52 bits per heavy atom. The molecule has 0 radical (unpaired) electrons. The second kappa shape index (κ2) is 7.19. The van der Waals surface area contributed by atoms with E-state index in [9.17, 15) is 4.79 Å². The third-order valence-electron chi connectivity index (χ3n) is 5.15. The van der Waals surface area contributed by atoms with Gasteiger partial charge in [-0.15, -0.1) is 16.4 Å². The van der Waals surface area contributed by atoms with Gasteiger partial charge >= 0.3 is 0 Å². The predicted molar refractivity (Wildman–Crippen MR) is 93.1 cm³/mol. The van der Waals surface area contributed by atoms with E-state index in [2.05, 4.69) is 25.5 Å². The van der Waals surface area contributed by atoms with Crippen LogP contribution in [0.4, 0.5) is 5.13 Å². The summed E-state index contributed by atoms with van der Waals surface area (Å²) in [6.07, 6.45) is 5.76. The Morgan fingerprint density at radius 3 is 3.16 bits per heavy atom. The largest absolute Gasteiger partial charge is 0.378 e. The van der Waals surface area contributed by atoms with Crippen molar-refractivity contribution in [1.82, 2.24) is 24.9 Å². The summed E-state index contributed by atoms with van der Waals surface area (Å²) in [7, 11) is 1.65. The minimum Gasteiger partial charge on any atom is -0.378 e. The Balaban J connectivity index is 1.37. The fraction of sp³-hybridized carbons (Fsp3) is 0.625. The first-order valence-electron chi connectivity index (χ1n) is 8.55. The van der Waals surface area contributed by atoms with Crippen molar-refractivity contribution in [1.29, 1.82) is 0 Å². The van der Waals surface area contributed by atoms with Gasteiger partial charge < -0.3 is 10.1 Å². The molecule has 4 atom stereocenters. The number of anilines is 1. The normalized spacial score (nSPS) is 28.2. The minimum atomic E-state index is 0.0497. The van der Waals surface area contributed by atoms with Crippen LogP contribution in [-0.4, -0.2) is 57.0 Å². The van der Waals surface area contributed by atoms with E-state index in [1.807, 2.05) is 16.3 Å². The molecule has 3 fully saturated rings. The molecule has 25 heavy (non-hydrogen) atoms. The Labute approximate surface area is 150 Å². The number of rotatable bonds is 6. The molecule has 9 heteroatoms. The van der Waals surface area contributed by atoms with E-state index in [1.54, 1.807) is 13.3 Å². The number of hydrogen-bond donors (Lipinski definition) is 1. The molecule has 5 rings (SSSR count). The summed E-state index contributed by atoms with van der Waals surface area (Å²) in [5, 5.41) is 13.8. The summed E-state index contributed by atoms with van der Waals surface area (Å²) in [6, 6.07) is 0.416. The molecule has 2 aromatic rings. The van der Waals surface area contributed by atoms with Gasteiger partial charge in [0, 0.05) is 31.3 Å². The summed E-state index contributed by atoms with van der Waals surface area (Å²) in [5.74, 6) is 0.580. The van der Waals surface area contributed by atoms with Gasteiger partial charge in [0.2, 0.25) is 5.91 Å². The monoisotopic (exact) mass is 362 g/mol. The molecule has 0 spiro atoms. The van der Waals surface area contributed by atoms with Crippen LogP contribution in [-0.2, 0) is 22.7 Å². The number of ether oxygens (including phenoxy) is 1. The second-order valence-electron chi connectivity index (χ2n) is 6.73. The van der Waals surface area contributed by atoms with Crippen molar-refractivity contribution in [3.05, 3.63) is 23.5 Å². The van der Waals surface area contributed by atoms with E-state index in [0.717, 1.165) is 38.2 Å². The van der Waals surface area contributed by atoms with Crippen molar-refractivity contribution in [2.75, 3.05) is 25.5 Å². The Kier molecular flexibility index (Phi) is 4.78. The van der Waals surface area contributed by atoms with Crippen molar-refractivity contribution < 1.29 is 9.53 Å². The SMILES string of the molecule is COCc1cn(CC2CC3CCN2CC3C(=O)Nc2nccs2)nn1. The highest BCUT2D eigenvalue weighted by molar-refractivity contribution is 7.13. The molecule has 4 unspecified atom stereocenters. The van der Waals surface area contributed by atoms with E-state index in [4.69, 9.17) is 4.74 Å². The summed E-state index contributed by atoms with van der Waals surface area (Å²) < 4.78 is 6.98. The number of hydrogen-bond acceptors (Lipinski definition) is 7. The van der Waals surface area contributed by atoms with Gasteiger partial charge in [-0.2, -0.15) is 0 Å². The number of methoxy groups -OCH3 is 1. The van der Waals surface area contributed by atoms with Gasteiger partial charge in [0.25, 0.3) is 0 Å². The molecule has 2 bridgehead atoms.